The Bertz CT molecular complexity index is 150. The lowest BCUT2D eigenvalue weighted by molar-refractivity contribution is 0.0195. The molecule has 0 aromatic heterocycles. The second kappa shape index (κ2) is 3.28. The van der Waals surface area contributed by atoms with Crippen molar-refractivity contribution < 1.29 is 4.39 Å². The zero-order chi connectivity index (χ0) is 8.55. The van der Waals surface area contributed by atoms with Gasteiger partial charge in [-0.1, -0.05) is 0 Å². The molecule has 0 atom stereocenters. The third-order valence-electron chi connectivity index (χ3n) is 2.92. The summed E-state index contributed by atoms with van der Waals surface area (Å²) < 4.78 is 12.5. The number of alkyl halides is 1. The van der Waals surface area contributed by atoms with Crippen molar-refractivity contribution in [2.45, 2.75) is 25.1 Å². The Morgan fingerprint density at radius 2 is 1.67 bits per heavy atom. The van der Waals surface area contributed by atoms with E-state index in [2.05, 4.69) is 4.90 Å². The van der Waals surface area contributed by atoms with Gasteiger partial charge in [-0.25, -0.2) is 9.40 Å². The van der Waals surface area contributed by atoms with Crippen LogP contribution in [0.1, 0.15) is 12.8 Å². The van der Waals surface area contributed by atoms with Crippen molar-refractivity contribution in [1.82, 2.24) is 9.91 Å². The van der Waals surface area contributed by atoms with Crippen molar-refractivity contribution in [2.24, 2.45) is 5.84 Å². The van der Waals surface area contributed by atoms with Crippen molar-refractivity contribution in [1.29, 1.82) is 0 Å². The van der Waals surface area contributed by atoms with Gasteiger partial charge in [-0.15, -0.1) is 0 Å². The summed E-state index contributed by atoms with van der Waals surface area (Å²) in [5.74, 6) is 5.62. The first-order valence-electron chi connectivity index (χ1n) is 4.63. The number of piperazine rings is 1. The monoisotopic (exact) mass is 173 g/mol. The van der Waals surface area contributed by atoms with Crippen molar-refractivity contribution in [3.8, 4) is 0 Å². The van der Waals surface area contributed by atoms with Gasteiger partial charge in [0.05, 0.1) is 0 Å². The van der Waals surface area contributed by atoms with Crippen LogP contribution in [0.4, 0.5) is 4.39 Å². The standard InChI is InChI=1S/C8H16FN3/c9-7-5-8(6-7)11-1-3-12(10)4-2-11/h7-8H,1-6,10H2. The molecule has 12 heavy (non-hydrogen) atoms. The van der Waals surface area contributed by atoms with Crippen LogP contribution < -0.4 is 5.84 Å². The summed E-state index contributed by atoms with van der Waals surface area (Å²) in [5.41, 5.74) is 0. The minimum Gasteiger partial charge on any atom is -0.298 e. The molecule has 0 spiro atoms. The van der Waals surface area contributed by atoms with Crippen molar-refractivity contribution in [3.63, 3.8) is 0 Å². The molecular formula is C8H16FN3. The second-order valence-corrected chi connectivity index (χ2v) is 3.79. The maximum absolute atomic E-state index is 12.5. The first-order chi connectivity index (χ1) is 5.75. The molecule has 4 heteroatoms. The molecule has 2 fully saturated rings. The van der Waals surface area contributed by atoms with Crippen LogP contribution in [0.2, 0.25) is 0 Å². The van der Waals surface area contributed by atoms with Gasteiger partial charge in [-0.2, -0.15) is 0 Å². The number of nitrogens with two attached hydrogens (primary N) is 1. The van der Waals surface area contributed by atoms with Crippen LogP contribution in [0.25, 0.3) is 0 Å². The van der Waals surface area contributed by atoms with Gasteiger partial charge in [-0.05, 0) is 12.8 Å². The Balaban J connectivity index is 1.75. The Morgan fingerprint density at radius 3 is 2.17 bits per heavy atom. The molecule has 3 nitrogen and oxygen atoms in total. The van der Waals surface area contributed by atoms with E-state index in [1.165, 1.54) is 0 Å². The SMILES string of the molecule is NN1CCN(C2CC(F)C2)CC1. The van der Waals surface area contributed by atoms with E-state index in [0.29, 0.717) is 6.04 Å². The maximum atomic E-state index is 12.5. The van der Waals surface area contributed by atoms with Gasteiger partial charge >= 0.3 is 0 Å². The van der Waals surface area contributed by atoms with E-state index in [1.807, 2.05) is 5.01 Å². The summed E-state index contributed by atoms with van der Waals surface area (Å²) in [6.07, 6.45) is 0.945. The third kappa shape index (κ3) is 1.60. The molecule has 70 valence electrons. The average molecular weight is 173 g/mol. The molecule has 0 amide bonds. The molecular weight excluding hydrogens is 157 g/mol. The molecule has 1 heterocycles. The molecule has 0 aromatic carbocycles. The van der Waals surface area contributed by atoms with E-state index in [4.69, 9.17) is 5.84 Å². The lowest BCUT2D eigenvalue weighted by Gasteiger charge is -2.43. The largest absolute Gasteiger partial charge is 0.298 e. The number of rotatable bonds is 1. The van der Waals surface area contributed by atoms with Crippen LogP contribution in [-0.4, -0.2) is 48.3 Å². The second-order valence-electron chi connectivity index (χ2n) is 3.79. The molecule has 1 aliphatic heterocycles. The normalized spacial score (nSPS) is 39.5. The van der Waals surface area contributed by atoms with Crippen LogP contribution >= 0.6 is 0 Å². The smallest absolute Gasteiger partial charge is 0.103 e. The van der Waals surface area contributed by atoms with E-state index in [9.17, 15) is 4.39 Å². The van der Waals surface area contributed by atoms with Gasteiger partial charge in [0.25, 0.3) is 0 Å². The van der Waals surface area contributed by atoms with Gasteiger partial charge in [0, 0.05) is 32.2 Å². The summed E-state index contributed by atoms with van der Waals surface area (Å²) in [7, 11) is 0. The summed E-state index contributed by atoms with van der Waals surface area (Å²) in [4.78, 5) is 2.36. The Morgan fingerprint density at radius 1 is 1.08 bits per heavy atom. The van der Waals surface area contributed by atoms with Crippen LogP contribution in [0.5, 0.6) is 0 Å². The minimum absolute atomic E-state index is 0.508. The number of hydrazine groups is 1. The molecule has 1 aliphatic carbocycles. The molecule has 0 aromatic rings. The average Bonchev–Trinajstić information content (AvgIpc) is 2.01. The molecule has 0 radical (unpaired) electrons. The summed E-state index contributed by atoms with van der Waals surface area (Å²) in [5, 5.41) is 1.84. The number of hydrogen-bond donors (Lipinski definition) is 1. The lowest BCUT2D eigenvalue weighted by atomic mass is 9.89. The lowest BCUT2D eigenvalue weighted by Crippen LogP contribution is -2.56. The van der Waals surface area contributed by atoms with Crippen molar-refractivity contribution in [2.75, 3.05) is 26.2 Å². The first kappa shape index (κ1) is 8.41. The Hall–Kier alpha value is -0.190. The predicted octanol–water partition coefficient (Wildman–Crippen LogP) is -0.0218. The molecule has 2 N–H and O–H groups in total. The highest BCUT2D eigenvalue weighted by Crippen LogP contribution is 2.28. The van der Waals surface area contributed by atoms with Gasteiger partial charge in [0.15, 0.2) is 0 Å². The van der Waals surface area contributed by atoms with Gasteiger partial charge in [-0.3, -0.25) is 10.7 Å². The van der Waals surface area contributed by atoms with E-state index in [1.54, 1.807) is 0 Å². The molecule has 0 unspecified atom stereocenters. The Kier molecular flexibility index (Phi) is 2.30. The number of nitrogens with zero attached hydrogens (tertiary/aromatic N) is 2. The van der Waals surface area contributed by atoms with Crippen molar-refractivity contribution in [3.05, 3.63) is 0 Å². The van der Waals surface area contributed by atoms with E-state index >= 15 is 0 Å². The number of halogens is 1. The maximum Gasteiger partial charge on any atom is 0.103 e. The number of hydrogen-bond acceptors (Lipinski definition) is 3. The van der Waals surface area contributed by atoms with Crippen LogP contribution in [0.3, 0.4) is 0 Å². The summed E-state index contributed by atoms with van der Waals surface area (Å²) in [6.45, 7) is 3.86. The van der Waals surface area contributed by atoms with Crippen LogP contribution in [-0.2, 0) is 0 Å². The van der Waals surface area contributed by atoms with E-state index in [-0.39, 0.29) is 0 Å². The molecule has 0 bridgehead atoms. The van der Waals surface area contributed by atoms with E-state index < -0.39 is 6.17 Å². The van der Waals surface area contributed by atoms with Crippen molar-refractivity contribution >= 4 is 0 Å². The van der Waals surface area contributed by atoms with E-state index in [0.717, 1.165) is 39.0 Å². The fourth-order valence-electron chi connectivity index (χ4n) is 1.92. The zero-order valence-electron chi connectivity index (χ0n) is 7.25. The van der Waals surface area contributed by atoms with Gasteiger partial charge in [0.1, 0.15) is 6.17 Å². The first-order valence-corrected chi connectivity index (χ1v) is 4.63. The molecule has 1 saturated carbocycles. The summed E-state index contributed by atoms with van der Waals surface area (Å²) in [6, 6.07) is 0.508. The Labute approximate surface area is 72.3 Å². The highest BCUT2D eigenvalue weighted by Gasteiger charge is 2.34. The summed E-state index contributed by atoms with van der Waals surface area (Å²) >= 11 is 0. The minimum atomic E-state index is -0.536. The van der Waals surface area contributed by atoms with Gasteiger partial charge in [0.2, 0.25) is 0 Å². The molecule has 2 rings (SSSR count). The van der Waals surface area contributed by atoms with Crippen LogP contribution in [0, 0.1) is 0 Å². The van der Waals surface area contributed by atoms with Crippen LogP contribution in [0.15, 0.2) is 0 Å². The van der Waals surface area contributed by atoms with Gasteiger partial charge < -0.3 is 0 Å². The highest BCUT2D eigenvalue weighted by molar-refractivity contribution is 4.88. The quantitative estimate of drug-likeness (QED) is 0.566. The third-order valence-corrected chi connectivity index (χ3v) is 2.92. The molecule has 1 saturated heterocycles. The fourth-order valence-corrected chi connectivity index (χ4v) is 1.92. The highest BCUT2D eigenvalue weighted by atomic mass is 19.1. The topological polar surface area (TPSA) is 32.5 Å². The predicted molar refractivity (Wildman–Crippen MR) is 45.3 cm³/mol. The fraction of sp³-hybridized carbons (Fsp3) is 1.00. The molecule has 2 aliphatic rings. The zero-order valence-corrected chi connectivity index (χ0v) is 7.25.